The highest BCUT2D eigenvalue weighted by atomic mass is 79.9. The van der Waals surface area contributed by atoms with E-state index in [0.29, 0.717) is 0 Å². The van der Waals surface area contributed by atoms with Crippen molar-refractivity contribution in [2.45, 2.75) is 31.8 Å². The van der Waals surface area contributed by atoms with Crippen LogP contribution in [0, 0.1) is 0 Å². The second-order valence-corrected chi connectivity index (χ2v) is 7.45. The van der Waals surface area contributed by atoms with E-state index in [4.69, 9.17) is 9.05 Å². The number of hydrogen-bond acceptors (Lipinski definition) is 4. The SMILES string of the molecule is CCOP(=O)(OCC)C(C)(Br)C(C)=O. The van der Waals surface area contributed by atoms with Crippen LogP contribution in [0.4, 0.5) is 0 Å². The summed E-state index contributed by atoms with van der Waals surface area (Å²) in [7, 11) is -3.41. The summed E-state index contributed by atoms with van der Waals surface area (Å²) in [4.78, 5) is 11.3. The molecule has 0 bridgehead atoms. The molecule has 0 amide bonds. The molecule has 0 aliphatic rings. The standard InChI is InChI=1S/C8H16BrO4P/c1-5-12-14(11,13-6-2)8(4,9)7(3)10/h5-6H2,1-4H3. The van der Waals surface area contributed by atoms with Crippen LogP contribution in [0.5, 0.6) is 0 Å². The Hall–Kier alpha value is 0.300. The van der Waals surface area contributed by atoms with Crippen LogP contribution >= 0.6 is 23.5 Å². The monoisotopic (exact) mass is 286 g/mol. The Morgan fingerprint density at radius 2 is 1.71 bits per heavy atom. The van der Waals surface area contributed by atoms with Crippen LogP contribution < -0.4 is 0 Å². The lowest BCUT2D eigenvalue weighted by molar-refractivity contribution is -0.117. The van der Waals surface area contributed by atoms with E-state index in [1.165, 1.54) is 13.8 Å². The minimum absolute atomic E-state index is 0.242. The van der Waals surface area contributed by atoms with Crippen LogP contribution in [-0.2, 0) is 18.4 Å². The zero-order valence-corrected chi connectivity index (χ0v) is 11.4. The third-order valence-electron chi connectivity index (χ3n) is 1.75. The number of ketones is 1. The van der Waals surface area contributed by atoms with Gasteiger partial charge in [0.2, 0.25) is 0 Å². The Labute approximate surface area is 93.0 Å². The average Bonchev–Trinajstić information content (AvgIpc) is 2.04. The van der Waals surface area contributed by atoms with E-state index in [9.17, 15) is 9.36 Å². The second kappa shape index (κ2) is 5.40. The fraction of sp³-hybridized carbons (Fsp3) is 0.875. The highest BCUT2D eigenvalue weighted by Gasteiger charge is 2.49. The molecule has 4 nitrogen and oxygen atoms in total. The molecule has 0 fully saturated rings. The average molecular weight is 287 g/mol. The van der Waals surface area contributed by atoms with E-state index < -0.39 is 11.7 Å². The summed E-state index contributed by atoms with van der Waals surface area (Å²) in [6.07, 6.45) is 0. The number of carbonyl (C=O) groups excluding carboxylic acids is 1. The van der Waals surface area contributed by atoms with Crippen molar-refractivity contribution in [2.75, 3.05) is 13.2 Å². The maximum atomic E-state index is 12.2. The van der Waals surface area contributed by atoms with Crippen LogP contribution in [0.3, 0.4) is 0 Å². The zero-order chi connectivity index (χ0) is 11.4. The Morgan fingerprint density at radius 3 is 1.93 bits per heavy atom. The molecule has 0 radical (unpaired) electrons. The van der Waals surface area contributed by atoms with Crippen molar-refractivity contribution in [3.63, 3.8) is 0 Å². The summed E-state index contributed by atoms with van der Waals surface area (Å²) in [5, 5.41) is 0. The smallest absolute Gasteiger partial charge is 0.308 e. The van der Waals surface area contributed by atoms with Gasteiger partial charge in [0.25, 0.3) is 0 Å². The molecule has 0 aromatic carbocycles. The first-order chi connectivity index (χ1) is 6.31. The first kappa shape index (κ1) is 14.3. The Kier molecular flexibility index (Phi) is 5.52. The topological polar surface area (TPSA) is 52.6 Å². The number of alkyl halides is 1. The van der Waals surface area contributed by atoms with Gasteiger partial charge in [-0.05, 0) is 27.7 Å². The first-order valence-electron chi connectivity index (χ1n) is 4.41. The highest BCUT2D eigenvalue weighted by molar-refractivity contribution is 9.11. The van der Waals surface area contributed by atoms with Crippen LogP contribution in [0.2, 0.25) is 0 Å². The predicted molar refractivity (Wildman–Crippen MR) is 58.9 cm³/mol. The van der Waals surface area contributed by atoms with Crippen LogP contribution in [-0.4, -0.2) is 23.1 Å². The molecule has 0 aliphatic carbocycles. The number of rotatable bonds is 6. The first-order valence-corrected chi connectivity index (χ1v) is 6.74. The van der Waals surface area contributed by atoms with Gasteiger partial charge < -0.3 is 9.05 Å². The summed E-state index contributed by atoms with van der Waals surface area (Å²) in [6, 6.07) is 0. The second-order valence-electron chi connectivity index (χ2n) is 2.84. The lowest BCUT2D eigenvalue weighted by Gasteiger charge is -2.28. The molecule has 84 valence electrons. The van der Waals surface area contributed by atoms with Crippen molar-refractivity contribution in [3.8, 4) is 0 Å². The van der Waals surface area contributed by atoms with E-state index in [2.05, 4.69) is 15.9 Å². The molecule has 0 spiro atoms. The molecule has 0 N–H and O–H groups in total. The van der Waals surface area contributed by atoms with Crippen molar-refractivity contribution in [1.82, 2.24) is 0 Å². The molecule has 0 aromatic heterocycles. The number of carbonyl (C=O) groups is 1. The van der Waals surface area contributed by atoms with Gasteiger partial charge in [-0.15, -0.1) is 0 Å². The number of Topliss-reactive ketones (excluding diaryl/α,β-unsaturated/α-hetero) is 1. The van der Waals surface area contributed by atoms with Crippen LogP contribution in [0.15, 0.2) is 0 Å². The Bertz CT molecular complexity index is 242. The summed E-state index contributed by atoms with van der Waals surface area (Å²) in [6.45, 7) is 6.74. The molecule has 0 rings (SSSR count). The molecule has 0 saturated heterocycles. The molecule has 0 heterocycles. The molecule has 0 saturated carbocycles. The molecule has 1 atom stereocenters. The lowest BCUT2D eigenvalue weighted by atomic mass is 10.3. The maximum Gasteiger partial charge on any atom is 0.354 e. The van der Waals surface area contributed by atoms with Crippen LogP contribution in [0.25, 0.3) is 0 Å². The van der Waals surface area contributed by atoms with Gasteiger partial charge in [-0.2, -0.15) is 0 Å². The quantitative estimate of drug-likeness (QED) is 0.556. The number of halogens is 1. The minimum atomic E-state index is -3.41. The van der Waals surface area contributed by atoms with Crippen molar-refractivity contribution in [1.29, 1.82) is 0 Å². The predicted octanol–water partition coefficient (Wildman–Crippen LogP) is 2.95. The fourth-order valence-corrected chi connectivity index (χ4v) is 3.05. The molecule has 6 heteroatoms. The van der Waals surface area contributed by atoms with Crippen molar-refractivity contribution >= 4 is 29.3 Å². The van der Waals surface area contributed by atoms with Gasteiger partial charge in [-0.1, -0.05) is 15.9 Å². The van der Waals surface area contributed by atoms with E-state index in [0.717, 1.165) is 0 Å². The van der Waals surface area contributed by atoms with E-state index in [-0.39, 0.29) is 19.0 Å². The zero-order valence-electron chi connectivity index (χ0n) is 8.87. The van der Waals surface area contributed by atoms with Gasteiger partial charge in [0, 0.05) is 0 Å². The maximum absolute atomic E-state index is 12.2. The molecule has 1 unspecified atom stereocenters. The molecular weight excluding hydrogens is 271 g/mol. The van der Waals surface area contributed by atoms with Gasteiger partial charge >= 0.3 is 7.60 Å². The normalized spacial score (nSPS) is 16.4. The summed E-state index contributed by atoms with van der Waals surface area (Å²) < 4.78 is 21.0. The van der Waals surface area contributed by atoms with Gasteiger partial charge in [0.1, 0.15) is 0 Å². The fourth-order valence-electron chi connectivity index (χ4n) is 0.812. The summed E-state index contributed by atoms with van der Waals surface area (Å²) in [5.74, 6) is -0.275. The highest BCUT2D eigenvalue weighted by Crippen LogP contribution is 2.63. The molecule has 14 heavy (non-hydrogen) atoms. The van der Waals surface area contributed by atoms with Gasteiger partial charge in [0.15, 0.2) is 9.85 Å². The van der Waals surface area contributed by atoms with Gasteiger partial charge in [-0.25, -0.2) is 0 Å². The Morgan fingerprint density at radius 1 is 1.36 bits per heavy atom. The third kappa shape index (κ3) is 2.89. The molecular formula is C8H16BrO4P. The van der Waals surface area contributed by atoms with E-state index in [1.54, 1.807) is 13.8 Å². The van der Waals surface area contributed by atoms with Crippen LogP contribution in [0.1, 0.15) is 27.7 Å². The largest absolute Gasteiger partial charge is 0.354 e. The molecule has 0 aromatic rings. The third-order valence-corrected chi connectivity index (χ3v) is 6.16. The Balaban J connectivity index is 4.99. The molecule has 0 aliphatic heterocycles. The summed E-state index contributed by atoms with van der Waals surface area (Å²) >= 11 is 3.11. The lowest BCUT2D eigenvalue weighted by Crippen LogP contribution is -2.28. The minimum Gasteiger partial charge on any atom is -0.308 e. The summed E-state index contributed by atoms with van der Waals surface area (Å²) in [5.41, 5.74) is 0. The van der Waals surface area contributed by atoms with E-state index >= 15 is 0 Å². The van der Waals surface area contributed by atoms with Gasteiger partial charge in [0.05, 0.1) is 13.2 Å². The van der Waals surface area contributed by atoms with Crippen molar-refractivity contribution < 1.29 is 18.4 Å². The van der Waals surface area contributed by atoms with E-state index in [1.807, 2.05) is 0 Å². The van der Waals surface area contributed by atoms with Crippen molar-refractivity contribution in [3.05, 3.63) is 0 Å². The van der Waals surface area contributed by atoms with Gasteiger partial charge in [-0.3, -0.25) is 9.36 Å². The van der Waals surface area contributed by atoms with Crippen molar-refractivity contribution in [2.24, 2.45) is 0 Å². The number of hydrogen-bond donors (Lipinski definition) is 0.